The van der Waals surface area contributed by atoms with E-state index >= 15 is 0 Å². The summed E-state index contributed by atoms with van der Waals surface area (Å²) in [7, 11) is 0. The first-order valence-corrected chi connectivity index (χ1v) is 11.6. The third kappa shape index (κ3) is 4.62. The van der Waals surface area contributed by atoms with E-state index in [1.807, 2.05) is 36.4 Å². The van der Waals surface area contributed by atoms with Gasteiger partial charge >= 0.3 is 5.97 Å². The molecule has 5 nitrogen and oxygen atoms in total. The van der Waals surface area contributed by atoms with Gasteiger partial charge in [-0.05, 0) is 49.1 Å². The van der Waals surface area contributed by atoms with Gasteiger partial charge in [0.05, 0.1) is 18.0 Å². The minimum Gasteiger partial charge on any atom is -0.458 e. The molecule has 2 atom stereocenters. The van der Waals surface area contributed by atoms with E-state index in [1.165, 1.54) is 18.6 Å². The molecule has 3 aromatic rings. The first kappa shape index (κ1) is 21.6. The van der Waals surface area contributed by atoms with Crippen LogP contribution in [0.3, 0.4) is 0 Å². The van der Waals surface area contributed by atoms with E-state index in [-0.39, 0.29) is 12.2 Å². The van der Waals surface area contributed by atoms with Crippen LogP contribution in [0.4, 0.5) is 10.2 Å². The first-order valence-electron chi connectivity index (χ1n) is 11.6. The number of fused-ring (bicyclic) bond motifs is 1. The molecule has 0 aliphatic carbocycles. The topological polar surface area (TPSA) is 62.7 Å². The molecule has 170 valence electrons. The van der Waals surface area contributed by atoms with Gasteiger partial charge in [-0.2, -0.15) is 0 Å². The van der Waals surface area contributed by atoms with Gasteiger partial charge in [-0.25, -0.2) is 9.37 Å². The summed E-state index contributed by atoms with van der Waals surface area (Å²) in [5.41, 5.74) is 3.67. The fourth-order valence-corrected chi connectivity index (χ4v) is 4.78. The van der Waals surface area contributed by atoms with Crippen LogP contribution in [0.25, 0.3) is 28.1 Å². The molecule has 1 N–H and O–H groups in total. The van der Waals surface area contributed by atoms with Crippen LogP contribution in [-0.2, 0) is 9.53 Å². The minimum atomic E-state index is -0.700. The molecule has 0 amide bonds. The Morgan fingerprint density at radius 2 is 1.82 bits per heavy atom. The standard InChI is InChI=1S/C27H27FN2O3/c28-19-10-8-18(9-11-19)26-22-6-2-3-7-24(22)29-27(30-14-4-1-5-15-30)23(26)13-12-21-16-20(31)17-25(32)33-21/h2-3,6-13,20-21,31H,1,4-5,14-17H2/t20-,21-/m0/s1. The van der Waals surface area contributed by atoms with Crippen molar-refractivity contribution in [3.05, 3.63) is 66.0 Å². The van der Waals surface area contributed by atoms with Crippen molar-refractivity contribution in [2.24, 2.45) is 0 Å². The normalized spacial score (nSPS) is 21.5. The SMILES string of the molecule is O=C1C[C@@H](O)C[C@H](C=Cc2c(N3CCCCC3)nc3ccccc3c2-c2ccc(F)cc2)O1. The maximum absolute atomic E-state index is 13.7. The van der Waals surface area contributed by atoms with Crippen LogP contribution in [0.5, 0.6) is 0 Å². The molecule has 33 heavy (non-hydrogen) atoms. The fraction of sp³-hybridized carbons (Fsp3) is 0.333. The van der Waals surface area contributed by atoms with E-state index in [0.717, 1.165) is 59.3 Å². The predicted octanol–water partition coefficient (Wildman–Crippen LogP) is 5.11. The highest BCUT2D eigenvalue weighted by Crippen LogP contribution is 2.38. The quantitative estimate of drug-likeness (QED) is 0.564. The molecule has 1 aromatic heterocycles. The number of halogens is 1. The highest BCUT2D eigenvalue weighted by molar-refractivity contribution is 6.01. The second-order valence-corrected chi connectivity index (χ2v) is 8.78. The maximum atomic E-state index is 13.7. The number of nitrogens with zero attached hydrogens (tertiary/aromatic N) is 2. The van der Waals surface area contributed by atoms with E-state index in [4.69, 9.17) is 9.72 Å². The fourth-order valence-electron chi connectivity index (χ4n) is 4.78. The lowest BCUT2D eigenvalue weighted by atomic mass is 9.94. The number of piperidine rings is 1. The largest absolute Gasteiger partial charge is 0.458 e. The number of carbonyl (C=O) groups is 1. The van der Waals surface area contributed by atoms with Crippen molar-refractivity contribution in [3.63, 3.8) is 0 Å². The second-order valence-electron chi connectivity index (χ2n) is 8.78. The van der Waals surface area contributed by atoms with Gasteiger partial charge in [0.25, 0.3) is 0 Å². The molecule has 2 aromatic carbocycles. The van der Waals surface area contributed by atoms with Crippen LogP contribution < -0.4 is 4.90 Å². The minimum absolute atomic E-state index is 0.0295. The summed E-state index contributed by atoms with van der Waals surface area (Å²) in [5, 5.41) is 11.0. The highest BCUT2D eigenvalue weighted by atomic mass is 19.1. The average Bonchev–Trinajstić information content (AvgIpc) is 2.82. The molecule has 2 fully saturated rings. The Labute approximate surface area is 192 Å². The molecule has 2 aliphatic rings. The molecule has 2 saturated heterocycles. The number of aromatic nitrogens is 1. The number of para-hydroxylation sites is 1. The third-order valence-electron chi connectivity index (χ3n) is 6.37. The summed E-state index contributed by atoms with van der Waals surface area (Å²) in [6, 6.07) is 14.5. The van der Waals surface area contributed by atoms with E-state index in [9.17, 15) is 14.3 Å². The summed E-state index contributed by atoms with van der Waals surface area (Å²) in [6.07, 6.45) is 6.42. The highest BCUT2D eigenvalue weighted by Gasteiger charge is 2.26. The molecule has 0 spiro atoms. The molecule has 6 heteroatoms. The third-order valence-corrected chi connectivity index (χ3v) is 6.37. The molecule has 3 heterocycles. The van der Waals surface area contributed by atoms with Crippen molar-refractivity contribution in [1.29, 1.82) is 0 Å². The van der Waals surface area contributed by atoms with E-state index < -0.39 is 18.2 Å². The van der Waals surface area contributed by atoms with Crippen molar-refractivity contribution >= 4 is 28.8 Å². The number of rotatable bonds is 4. The van der Waals surface area contributed by atoms with Crippen LogP contribution >= 0.6 is 0 Å². The molecule has 0 bridgehead atoms. The van der Waals surface area contributed by atoms with Gasteiger partial charge in [-0.3, -0.25) is 4.79 Å². The van der Waals surface area contributed by atoms with Gasteiger partial charge in [-0.1, -0.05) is 36.4 Å². The number of esters is 1. The number of aliphatic hydroxyl groups is 1. The lowest BCUT2D eigenvalue weighted by molar-refractivity contribution is -0.156. The molecular weight excluding hydrogens is 419 g/mol. The number of ether oxygens (including phenoxy) is 1. The summed E-state index contributed by atoms with van der Waals surface area (Å²) in [4.78, 5) is 19.2. The predicted molar refractivity (Wildman–Crippen MR) is 127 cm³/mol. The Bertz CT molecular complexity index is 1190. The molecule has 0 radical (unpaired) electrons. The van der Waals surface area contributed by atoms with Crippen LogP contribution in [0, 0.1) is 5.82 Å². The smallest absolute Gasteiger partial charge is 0.309 e. The zero-order valence-corrected chi connectivity index (χ0v) is 18.4. The van der Waals surface area contributed by atoms with Gasteiger partial charge in [-0.15, -0.1) is 0 Å². The van der Waals surface area contributed by atoms with Crippen LogP contribution in [0.1, 0.15) is 37.7 Å². The van der Waals surface area contributed by atoms with Crippen molar-refractivity contribution in [1.82, 2.24) is 4.98 Å². The number of carbonyl (C=O) groups excluding carboxylic acids is 1. The number of hydrogen-bond acceptors (Lipinski definition) is 5. The van der Waals surface area contributed by atoms with E-state index in [2.05, 4.69) is 4.90 Å². The number of benzene rings is 2. The number of anilines is 1. The van der Waals surface area contributed by atoms with Gasteiger partial charge in [0.1, 0.15) is 17.7 Å². The molecule has 5 rings (SSSR count). The van der Waals surface area contributed by atoms with E-state index in [0.29, 0.717) is 6.42 Å². The summed E-state index contributed by atoms with van der Waals surface area (Å²) in [5.74, 6) is 0.204. The Kier molecular flexibility index (Phi) is 6.09. The maximum Gasteiger partial charge on any atom is 0.309 e. The molecular formula is C27H27FN2O3. The van der Waals surface area contributed by atoms with Gasteiger partial charge in [0.15, 0.2) is 0 Å². The average molecular weight is 447 g/mol. The second kappa shape index (κ2) is 9.32. The van der Waals surface area contributed by atoms with Crippen LogP contribution in [0.2, 0.25) is 0 Å². The monoisotopic (exact) mass is 446 g/mol. The molecule has 0 saturated carbocycles. The van der Waals surface area contributed by atoms with Gasteiger partial charge in [0, 0.05) is 36.0 Å². The van der Waals surface area contributed by atoms with E-state index in [1.54, 1.807) is 12.1 Å². The Morgan fingerprint density at radius 1 is 1.06 bits per heavy atom. The summed E-state index contributed by atoms with van der Waals surface area (Å²) in [6.45, 7) is 1.85. The van der Waals surface area contributed by atoms with Crippen molar-refractivity contribution in [2.45, 2.75) is 44.3 Å². The van der Waals surface area contributed by atoms with Gasteiger partial charge in [0.2, 0.25) is 0 Å². The van der Waals surface area contributed by atoms with Gasteiger partial charge < -0.3 is 14.7 Å². The number of aliphatic hydroxyl groups excluding tert-OH is 1. The van der Waals surface area contributed by atoms with Crippen molar-refractivity contribution in [3.8, 4) is 11.1 Å². The Hall–Kier alpha value is -3.25. The van der Waals surface area contributed by atoms with Crippen LogP contribution in [0.15, 0.2) is 54.6 Å². The summed E-state index contributed by atoms with van der Waals surface area (Å²) < 4.78 is 19.2. The van der Waals surface area contributed by atoms with Crippen LogP contribution in [-0.4, -0.2) is 41.4 Å². The number of pyridine rings is 1. The molecule has 2 aliphatic heterocycles. The Morgan fingerprint density at radius 3 is 2.58 bits per heavy atom. The van der Waals surface area contributed by atoms with Crippen molar-refractivity contribution < 1.29 is 19.0 Å². The lowest BCUT2D eigenvalue weighted by Crippen LogP contribution is -2.31. The number of cyclic esters (lactones) is 1. The number of hydrogen-bond donors (Lipinski definition) is 1. The van der Waals surface area contributed by atoms with Crippen molar-refractivity contribution in [2.75, 3.05) is 18.0 Å². The first-order chi connectivity index (χ1) is 16.1. The summed E-state index contributed by atoms with van der Waals surface area (Å²) >= 11 is 0. The molecule has 0 unspecified atom stereocenters. The lowest BCUT2D eigenvalue weighted by Gasteiger charge is -2.30. The zero-order chi connectivity index (χ0) is 22.8. The zero-order valence-electron chi connectivity index (χ0n) is 18.4. The Balaban J connectivity index is 1.69.